The summed E-state index contributed by atoms with van der Waals surface area (Å²) in [6, 6.07) is 13.0. The van der Waals surface area contributed by atoms with Gasteiger partial charge in [0.2, 0.25) is 0 Å². The molecule has 1 atom stereocenters. The van der Waals surface area contributed by atoms with Crippen molar-refractivity contribution in [1.82, 2.24) is 10.3 Å². The quantitative estimate of drug-likeness (QED) is 0.735. The summed E-state index contributed by atoms with van der Waals surface area (Å²) in [7, 11) is 0. The molecule has 1 aromatic carbocycles. The highest BCUT2D eigenvalue weighted by molar-refractivity contribution is 5.78. The molecular weight excluding hydrogens is 172 g/mol. The Hall–Kier alpha value is -1.41. The molecule has 1 aliphatic heterocycles. The molecule has 3 rings (SSSR count). The molecule has 2 heteroatoms. The minimum Gasteiger partial charge on any atom is -0.309 e. The smallest absolute Gasteiger partial charge is 0.0706 e. The first-order valence-electron chi connectivity index (χ1n) is 5.02. The second kappa shape index (κ2) is 3.07. The largest absolute Gasteiger partial charge is 0.309 e. The summed E-state index contributed by atoms with van der Waals surface area (Å²) in [6.07, 6.45) is 1.21. The van der Waals surface area contributed by atoms with Crippen molar-refractivity contribution in [3.63, 3.8) is 0 Å². The molecule has 0 spiro atoms. The van der Waals surface area contributed by atoms with E-state index in [0.29, 0.717) is 6.04 Å². The monoisotopic (exact) mass is 184 g/mol. The van der Waals surface area contributed by atoms with Gasteiger partial charge in [-0.1, -0.05) is 24.3 Å². The van der Waals surface area contributed by atoms with Gasteiger partial charge in [0, 0.05) is 5.39 Å². The van der Waals surface area contributed by atoms with E-state index in [-0.39, 0.29) is 0 Å². The number of hydrogen-bond donors (Lipinski definition) is 1. The molecule has 1 aliphatic rings. The van der Waals surface area contributed by atoms with E-state index < -0.39 is 0 Å². The Morgan fingerprint density at radius 1 is 1.14 bits per heavy atom. The average Bonchev–Trinajstić information content (AvgIpc) is 2.15. The zero-order valence-electron chi connectivity index (χ0n) is 7.90. The third kappa shape index (κ3) is 1.19. The normalized spacial score (nSPS) is 20.7. The summed E-state index contributed by atoms with van der Waals surface area (Å²) in [5, 5.41) is 4.58. The molecule has 1 unspecified atom stereocenters. The van der Waals surface area contributed by atoms with Gasteiger partial charge in [-0.15, -0.1) is 0 Å². The standard InChI is InChI=1S/C12H12N2/c1-2-4-10-9(3-1)5-6-12(14-10)11-7-8-13-11/h1-6,11,13H,7-8H2. The Morgan fingerprint density at radius 2 is 2.00 bits per heavy atom. The first-order chi connectivity index (χ1) is 6.93. The van der Waals surface area contributed by atoms with Gasteiger partial charge in [0.25, 0.3) is 0 Å². The van der Waals surface area contributed by atoms with Crippen LogP contribution < -0.4 is 5.32 Å². The van der Waals surface area contributed by atoms with Crippen molar-refractivity contribution in [3.8, 4) is 0 Å². The van der Waals surface area contributed by atoms with Crippen molar-refractivity contribution in [2.24, 2.45) is 0 Å². The van der Waals surface area contributed by atoms with E-state index in [0.717, 1.165) is 12.1 Å². The van der Waals surface area contributed by atoms with Crippen LogP contribution in [0.5, 0.6) is 0 Å². The number of nitrogens with zero attached hydrogens (tertiary/aromatic N) is 1. The number of para-hydroxylation sites is 1. The van der Waals surface area contributed by atoms with Crippen molar-refractivity contribution in [3.05, 3.63) is 42.1 Å². The van der Waals surface area contributed by atoms with Crippen molar-refractivity contribution in [1.29, 1.82) is 0 Å². The van der Waals surface area contributed by atoms with Gasteiger partial charge >= 0.3 is 0 Å². The van der Waals surface area contributed by atoms with Crippen molar-refractivity contribution < 1.29 is 0 Å². The molecule has 1 fully saturated rings. The summed E-state index contributed by atoms with van der Waals surface area (Å²) in [5.41, 5.74) is 2.27. The predicted octanol–water partition coefficient (Wildman–Crippen LogP) is 2.27. The number of rotatable bonds is 1. The maximum Gasteiger partial charge on any atom is 0.0706 e. The van der Waals surface area contributed by atoms with E-state index in [1.54, 1.807) is 0 Å². The van der Waals surface area contributed by atoms with E-state index in [4.69, 9.17) is 0 Å². The van der Waals surface area contributed by atoms with E-state index in [1.807, 2.05) is 12.1 Å². The van der Waals surface area contributed by atoms with Crippen LogP contribution in [0.4, 0.5) is 0 Å². The van der Waals surface area contributed by atoms with Crippen LogP contribution in [0.3, 0.4) is 0 Å². The second-order valence-corrected chi connectivity index (χ2v) is 3.72. The first-order valence-corrected chi connectivity index (χ1v) is 5.02. The summed E-state index contributed by atoms with van der Waals surface area (Å²) in [6.45, 7) is 1.12. The molecule has 2 heterocycles. The Labute approximate surface area is 83.0 Å². The van der Waals surface area contributed by atoms with Gasteiger partial charge in [-0.2, -0.15) is 0 Å². The highest BCUT2D eigenvalue weighted by atomic mass is 15.0. The molecule has 0 saturated carbocycles. The lowest BCUT2D eigenvalue weighted by molar-refractivity contribution is 0.376. The summed E-state index contributed by atoms with van der Waals surface area (Å²) in [4.78, 5) is 4.63. The second-order valence-electron chi connectivity index (χ2n) is 3.72. The lowest BCUT2D eigenvalue weighted by atomic mass is 10.0. The number of pyridine rings is 1. The fraction of sp³-hybridized carbons (Fsp3) is 0.250. The summed E-state index contributed by atoms with van der Waals surface area (Å²) >= 11 is 0. The topological polar surface area (TPSA) is 24.9 Å². The molecule has 14 heavy (non-hydrogen) atoms. The van der Waals surface area contributed by atoms with Crippen molar-refractivity contribution in [2.75, 3.05) is 6.54 Å². The van der Waals surface area contributed by atoms with Crippen LogP contribution >= 0.6 is 0 Å². The molecule has 1 N–H and O–H groups in total. The fourth-order valence-corrected chi connectivity index (χ4v) is 1.82. The molecule has 0 radical (unpaired) electrons. The molecule has 1 saturated heterocycles. The maximum absolute atomic E-state index is 4.63. The Bertz CT molecular complexity index is 461. The minimum atomic E-state index is 0.486. The van der Waals surface area contributed by atoms with Gasteiger partial charge < -0.3 is 5.32 Å². The van der Waals surface area contributed by atoms with Gasteiger partial charge in [-0.3, -0.25) is 4.98 Å². The van der Waals surface area contributed by atoms with Gasteiger partial charge in [-0.05, 0) is 25.1 Å². The molecule has 0 bridgehead atoms. The minimum absolute atomic E-state index is 0.486. The van der Waals surface area contributed by atoms with Gasteiger partial charge in [-0.25, -0.2) is 0 Å². The number of fused-ring (bicyclic) bond motifs is 1. The maximum atomic E-state index is 4.63. The predicted molar refractivity (Wildman–Crippen MR) is 57.1 cm³/mol. The van der Waals surface area contributed by atoms with E-state index >= 15 is 0 Å². The van der Waals surface area contributed by atoms with E-state index in [9.17, 15) is 0 Å². The van der Waals surface area contributed by atoms with Crippen LogP contribution in [-0.4, -0.2) is 11.5 Å². The number of benzene rings is 1. The Kier molecular flexibility index (Phi) is 1.74. The van der Waals surface area contributed by atoms with Crippen molar-refractivity contribution in [2.45, 2.75) is 12.5 Å². The average molecular weight is 184 g/mol. The Morgan fingerprint density at radius 3 is 2.79 bits per heavy atom. The highest BCUT2D eigenvalue weighted by Crippen LogP contribution is 2.22. The van der Waals surface area contributed by atoms with Crippen LogP contribution in [0, 0.1) is 0 Å². The van der Waals surface area contributed by atoms with Crippen LogP contribution in [0.25, 0.3) is 10.9 Å². The molecule has 0 aliphatic carbocycles. The van der Waals surface area contributed by atoms with Crippen LogP contribution in [-0.2, 0) is 0 Å². The van der Waals surface area contributed by atoms with Crippen molar-refractivity contribution >= 4 is 10.9 Å². The van der Waals surface area contributed by atoms with Gasteiger partial charge in [0.1, 0.15) is 0 Å². The SMILES string of the molecule is c1ccc2nc(C3CCN3)ccc2c1. The molecule has 70 valence electrons. The lowest BCUT2D eigenvalue weighted by Crippen LogP contribution is -2.35. The third-order valence-electron chi connectivity index (χ3n) is 2.80. The van der Waals surface area contributed by atoms with Crippen LogP contribution in [0.15, 0.2) is 36.4 Å². The summed E-state index contributed by atoms with van der Waals surface area (Å²) < 4.78 is 0. The molecule has 2 aromatic rings. The summed E-state index contributed by atoms with van der Waals surface area (Å²) in [5.74, 6) is 0. The first kappa shape index (κ1) is 7.94. The van der Waals surface area contributed by atoms with Gasteiger partial charge in [0.15, 0.2) is 0 Å². The zero-order chi connectivity index (χ0) is 9.38. The van der Waals surface area contributed by atoms with E-state index in [1.165, 1.54) is 17.5 Å². The number of nitrogens with one attached hydrogen (secondary N) is 1. The molecule has 1 aromatic heterocycles. The molecular formula is C12H12N2. The van der Waals surface area contributed by atoms with Crippen LogP contribution in [0.1, 0.15) is 18.2 Å². The number of hydrogen-bond acceptors (Lipinski definition) is 2. The third-order valence-corrected chi connectivity index (χ3v) is 2.80. The fourth-order valence-electron chi connectivity index (χ4n) is 1.82. The molecule has 2 nitrogen and oxygen atoms in total. The zero-order valence-corrected chi connectivity index (χ0v) is 7.90. The van der Waals surface area contributed by atoms with Gasteiger partial charge in [0.05, 0.1) is 17.3 Å². The Balaban J connectivity index is 2.10. The number of aromatic nitrogens is 1. The highest BCUT2D eigenvalue weighted by Gasteiger charge is 2.19. The molecule has 0 amide bonds. The van der Waals surface area contributed by atoms with E-state index in [2.05, 4.69) is 34.6 Å². The lowest BCUT2D eigenvalue weighted by Gasteiger charge is -2.27. The van der Waals surface area contributed by atoms with Crippen LogP contribution in [0.2, 0.25) is 0 Å².